The van der Waals surface area contributed by atoms with Crippen molar-refractivity contribution >= 4 is 0 Å². The van der Waals surface area contributed by atoms with Gasteiger partial charge in [0, 0.05) is 0 Å². The van der Waals surface area contributed by atoms with Gasteiger partial charge >= 0.3 is 0 Å². The number of aliphatic hydroxyl groups is 1. The van der Waals surface area contributed by atoms with Crippen LogP contribution in [0.5, 0.6) is 0 Å². The van der Waals surface area contributed by atoms with E-state index in [9.17, 15) is 5.11 Å². The maximum atomic E-state index is 9.19. The lowest BCUT2D eigenvalue weighted by atomic mass is 9.88. The zero-order chi connectivity index (χ0) is 12.2. The second-order valence-corrected chi connectivity index (χ2v) is 4.70. The molecule has 1 unspecified atom stereocenters. The van der Waals surface area contributed by atoms with Crippen LogP contribution in [-0.4, -0.2) is 11.2 Å². The van der Waals surface area contributed by atoms with Gasteiger partial charge < -0.3 is 5.11 Å². The largest absolute Gasteiger partial charge is 0.393 e. The Morgan fingerprint density at radius 3 is 1.07 bits per heavy atom. The first-order chi connectivity index (χ1) is 6.31. The van der Waals surface area contributed by atoms with Crippen molar-refractivity contribution in [2.75, 3.05) is 0 Å². The molecule has 0 saturated heterocycles. The Bertz CT molecular complexity index is 79.7. The van der Waals surface area contributed by atoms with Crippen molar-refractivity contribution in [2.45, 2.75) is 80.8 Å². The molecule has 0 aromatic heterocycles. The Hall–Kier alpha value is -0.0400. The topological polar surface area (TPSA) is 20.2 Å². The van der Waals surface area contributed by atoms with E-state index in [0.717, 1.165) is 6.42 Å². The Labute approximate surface area is 91.9 Å². The van der Waals surface area contributed by atoms with E-state index < -0.39 is 0 Å². The zero-order valence-corrected chi connectivity index (χ0v) is 11.6. The zero-order valence-electron chi connectivity index (χ0n) is 11.6. The predicted molar refractivity (Wildman–Crippen MR) is 67.7 cm³/mol. The Morgan fingerprint density at radius 1 is 0.857 bits per heavy atom. The van der Waals surface area contributed by atoms with Crippen molar-refractivity contribution in [1.82, 2.24) is 0 Å². The van der Waals surface area contributed by atoms with Gasteiger partial charge in [0.05, 0.1) is 6.10 Å². The minimum Gasteiger partial charge on any atom is -0.393 e. The third kappa shape index (κ3) is 22.7. The summed E-state index contributed by atoms with van der Waals surface area (Å²) in [5, 5.41) is 9.19. The normalized spacial score (nSPS) is 11.8. The summed E-state index contributed by atoms with van der Waals surface area (Å²) in [4.78, 5) is 0. The molecular weight excluding hydrogens is 172 g/mol. The minimum absolute atomic E-state index is 0.0642. The van der Waals surface area contributed by atoms with Crippen molar-refractivity contribution in [3.63, 3.8) is 0 Å². The fourth-order valence-electron chi connectivity index (χ4n) is 0.612. The molecule has 0 aliphatic rings. The van der Waals surface area contributed by atoms with E-state index in [0.29, 0.717) is 0 Å². The van der Waals surface area contributed by atoms with Gasteiger partial charge in [0.15, 0.2) is 0 Å². The number of hydrogen-bond acceptors (Lipinski definition) is 1. The molecular formula is C13H32O. The fraction of sp³-hybridized carbons (Fsp3) is 1.00. The van der Waals surface area contributed by atoms with E-state index in [1.54, 1.807) is 0 Å². The Balaban J connectivity index is -0.000000168. The highest BCUT2D eigenvalue weighted by molar-refractivity contribution is 4.70. The third-order valence-electron chi connectivity index (χ3n) is 1.39. The summed E-state index contributed by atoms with van der Waals surface area (Å²) < 4.78 is 0. The van der Waals surface area contributed by atoms with E-state index in [4.69, 9.17) is 0 Å². The van der Waals surface area contributed by atoms with Crippen LogP contribution in [0, 0.1) is 5.41 Å². The standard InChI is InChI=1S/C7H16O.2C3H8/c1-5-6(8)7(2,3)4;2*1-3-2/h6,8H,5H2,1-4H3;2*3H2,1-2H3. The molecule has 1 heteroatoms. The lowest BCUT2D eigenvalue weighted by molar-refractivity contribution is 0.0600. The lowest BCUT2D eigenvalue weighted by Gasteiger charge is -2.24. The molecule has 0 amide bonds. The highest BCUT2D eigenvalue weighted by atomic mass is 16.3. The van der Waals surface area contributed by atoms with Gasteiger partial charge in [-0.3, -0.25) is 0 Å². The Morgan fingerprint density at radius 2 is 1.07 bits per heavy atom. The van der Waals surface area contributed by atoms with Crippen molar-refractivity contribution in [3.05, 3.63) is 0 Å². The van der Waals surface area contributed by atoms with Crippen molar-refractivity contribution in [1.29, 1.82) is 0 Å². The molecule has 0 aromatic rings. The molecule has 0 heterocycles. The fourth-order valence-corrected chi connectivity index (χ4v) is 0.612. The summed E-state index contributed by atoms with van der Waals surface area (Å²) in [6, 6.07) is 0. The second kappa shape index (κ2) is 13.0. The second-order valence-electron chi connectivity index (χ2n) is 4.70. The average Bonchev–Trinajstić information content (AvgIpc) is 2.04. The smallest absolute Gasteiger partial charge is 0.0585 e. The van der Waals surface area contributed by atoms with Crippen LogP contribution in [0.1, 0.15) is 74.7 Å². The summed E-state index contributed by atoms with van der Waals surface area (Å²) in [5.41, 5.74) is 0.0642. The van der Waals surface area contributed by atoms with Crippen LogP contribution in [-0.2, 0) is 0 Å². The molecule has 0 saturated carbocycles. The first kappa shape index (κ1) is 19.5. The van der Waals surface area contributed by atoms with Gasteiger partial charge in [-0.25, -0.2) is 0 Å². The summed E-state index contributed by atoms with van der Waals surface area (Å²) in [7, 11) is 0. The van der Waals surface area contributed by atoms with Gasteiger partial charge in [0.2, 0.25) is 0 Å². The summed E-state index contributed by atoms with van der Waals surface area (Å²) in [6.07, 6.45) is 3.20. The van der Waals surface area contributed by atoms with E-state index in [-0.39, 0.29) is 11.5 Å². The first-order valence-corrected chi connectivity index (χ1v) is 5.99. The van der Waals surface area contributed by atoms with Crippen LogP contribution in [0.3, 0.4) is 0 Å². The molecule has 0 radical (unpaired) electrons. The molecule has 0 rings (SSSR count). The molecule has 0 aliphatic carbocycles. The van der Waals surface area contributed by atoms with Crippen LogP contribution >= 0.6 is 0 Å². The highest BCUT2D eigenvalue weighted by Crippen LogP contribution is 2.20. The molecule has 0 spiro atoms. The average molecular weight is 204 g/mol. The lowest BCUT2D eigenvalue weighted by Crippen LogP contribution is -2.24. The molecule has 0 fully saturated rings. The van der Waals surface area contributed by atoms with Crippen molar-refractivity contribution in [3.8, 4) is 0 Å². The molecule has 90 valence electrons. The Kier molecular flexibility index (Phi) is 18.1. The summed E-state index contributed by atoms with van der Waals surface area (Å²) in [6.45, 7) is 16.6. The van der Waals surface area contributed by atoms with E-state index >= 15 is 0 Å². The maximum absolute atomic E-state index is 9.19. The van der Waals surface area contributed by atoms with E-state index in [1.807, 2.05) is 27.7 Å². The minimum atomic E-state index is -0.150. The predicted octanol–water partition coefficient (Wildman–Crippen LogP) is 4.64. The van der Waals surface area contributed by atoms with Gasteiger partial charge in [-0.05, 0) is 11.8 Å². The number of rotatable bonds is 1. The van der Waals surface area contributed by atoms with Crippen molar-refractivity contribution in [2.24, 2.45) is 5.41 Å². The molecule has 1 atom stereocenters. The molecule has 0 bridgehead atoms. The molecule has 0 aromatic carbocycles. The van der Waals surface area contributed by atoms with E-state index in [1.165, 1.54) is 12.8 Å². The van der Waals surface area contributed by atoms with E-state index in [2.05, 4.69) is 27.7 Å². The molecule has 1 nitrogen and oxygen atoms in total. The van der Waals surface area contributed by atoms with Gasteiger partial charge in [-0.2, -0.15) is 0 Å². The summed E-state index contributed by atoms with van der Waals surface area (Å²) in [5.74, 6) is 0. The SMILES string of the molecule is CCC.CCC.CCC(O)C(C)(C)C. The number of hydrogen-bond donors (Lipinski definition) is 1. The van der Waals surface area contributed by atoms with Gasteiger partial charge in [-0.1, -0.05) is 68.2 Å². The van der Waals surface area contributed by atoms with Crippen LogP contribution in [0.2, 0.25) is 0 Å². The van der Waals surface area contributed by atoms with Crippen molar-refractivity contribution < 1.29 is 5.11 Å². The van der Waals surface area contributed by atoms with Crippen LogP contribution in [0.15, 0.2) is 0 Å². The monoisotopic (exact) mass is 204 g/mol. The third-order valence-corrected chi connectivity index (χ3v) is 1.39. The highest BCUT2D eigenvalue weighted by Gasteiger charge is 2.19. The van der Waals surface area contributed by atoms with Crippen LogP contribution in [0.25, 0.3) is 0 Å². The molecule has 14 heavy (non-hydrogen) atoms. The first-order valence-electron chi connectivity index (χ1n) is 5.99. The molecule has 1 N–H and O–H groups in total. The quantitative estimate of drug-likeness (QED) is 0.660. The molecule has 0 aliphatic heterocycles. The van der Waals surface area contributed by atoms with Crippen LogP contribution in [0.4, 0.5) is 0 Å². The van der Waals surface area contributed by atoms with Gasteiger partial charge in [0.1, 0.15) is 0 Å². The maximum Gasteiger partial charge on any atom is 0.0585 e. The van der Waals surface area contributed by atoms with Crippen LogP contribution < -0.4 is 0 Å². The van der Waals surface area contributed by atoms with Gasteiger partial charge in [-0.15, -0.1) is 0 Å². The number of aliphatic hydroxyl groups excluding tert-OH is 1. The van der Waals surface area contributed by atoms with Gasteiger partial charge in [0.25, 0.3) is 0 Å². The summed E-state index contributed by atoms with van der Waals surface area (Å²) >= 11 is 0.